The minimum Gasteiger partial charge on any atom is -0.352 e. The number of nitrogens with one attached hydrogen (secondary N) is 1. The summed E-state index contributed by atoms with van der Waals surface area (Å²) in [4.78, 5) is 31.5. The highest BCUT2D eigenvalue weighted by Crippen LogP contribution is 2.38. The van der Waals surface area contributed by atoms with Crippen molar-refractivity contribution in [3.63, 3.8) is 0 Å². The Hall–Kier alpha value is -3.25. The standard InChI is InChI=1S/C22H17ClFN3O2/c23-15-5-9-17(10-6-15)27-19(21-18(22(27)29)2-1-11-25-21)12-20(28)26-13-14-3-7-16(24)8-4-14/h1-11,19H,12-13H2,(H,26,28)/t19-/m1/s1. The minimum absolute atomic E-state index is 0.0551. The van der Waals surface area contributed by atoms with Crippen LogP contribution >= 0.6 is 11.6 Å². The minimum atomic E-state index is -0.520. The summed E-state index contributed by atoms with van der Waals surface area (Å²) < 4.78 is 13.0. The zero-order chi connectivity index (χ0) is 20.4. The van der Waals surface area contributed by atoms with Gasteiger partial charge in [0.25, 0.3) is 5.91 Å². The van der Waals surface area contributed by atoms with Crippen LogP contribution in [-0.4, -0.2) is 16.8 Å². The molecule has 146 valence electrons. The Bertz CT molecular complexity index is 1050. The number of carbonyl (C=O) groups excluding carboxylic acids is 2. The topological polar surface area (TPSA) is 62.3 Å². The van der Waals surface area contributed by atoms with Crippen molar-refractivity contribution >= 4 is 29.1 Å². The average molecular weight is 410 g/mol. The van der Waals surface area contributed by atoms with Crippen LogP contribution < -0.4 is 10.2 Å². The largest absolute Gasteiger partial charge is 0.352 e. The van der Waals surface area contributed by atoms with Gasteiger partial charge in [0.15, 0.2) is 0 Å². The highest BCUT2D eigenvalue weighted by Gasteiger charge is 2.39. The molecule has 7 heteroatoms. The smallest absolute Gasteiger partial charge is 0.260 e. The monoisotopic (exact) mass is 409 g/mol. The highest BCUT2D eigenvalue weighted by atomic mass is 35.5. The number of rotatable bonds is 5. The lowest BCUT2D eigenvalue weighted by atomic mass is 10.1. The highest BCUT2D eigenvalue weighted by molar-refractivity contribution is 6.30. The predicted molar refractivity (Wildman–Crippen MR) is 108 cm³/mol. The molecule has 0 radical (unpaired) electrons. The quantitative estimate of drug-likeness (QED) is 0.684. The fraction of sp³-hybridized carbons (Fsp3) is 0.136. The second kappa shape index (κ2) is 8.01. The number of nitrogens with zero attached hydrogens (tertiary/aromatic N) is 2. The molecule has 1 aromatic heterocycles. The zero-order valence-corrected chi connectivity index (χ0v) is 16.1. The number of hydrogen-bond acceptors (Lipinski definition) is 3. The van der Waals surface area contributed by atoms with Gasteiger partial charge in [-0.2, -0.15) is 0 Å². The van der Waals surface area contributed by atoms with E-state index in [1.54, 1.807) is 59.6 Å². The fourth-order valence-electron chi connectivity index (χ4n) is 3.40. The Labute approximate surface area is 172 Å². The molecule has 0 saturated heterocycles. The maximum atomic E-state index is 13.0. The predicted octanol–water partition coefficient (Wildman–Crippen LogP) is 4.28. The lowest BCUT2D eigenvalue weighted by molar-refractivity contribution is -0.121. The number of benzene rings is 2. The van der Waals surface area contributed by atoms with E-state index in [9.17, 15) is 14.0 Å². The summed E-state index contributed by atoms with van der Waals surface area (Å²) in [5.41, 5.74) is 2.49. The van der Waals surface area contributed by atoms with E-state index in [2.05, 4.69) is 10.3 Å². The molecule has 5 nitrogen and oxygen atoms in total. The van der Waals surface area contributed by atoms with Crippen LogP contribution in [0.25, 0.3) is 0 Å². The van der Waals surface area contributed by atoms with E-state index in [0.29, 0.717) is 22.0 Å². The van der Waals surface area contributed by atoms with Crippen LogP contribution in [0.4, 0.5) is 10.1 Å². The number of fused-ring (bicyclic) bond motifs is 1. The number of anilines is 1. The van der Waals surface area contributed by atoms with Gasteiger partial charge in [-0.25, -0.2) is 4.39 Å². The summed E-state index contributed by atoms with van der Waals surface area (Å²) >= 11 is 5.97. The summed E-state index contributed by atoms with van der Waals surface area (Å²) in [6.07, 6.45) is 1.67. The van der Waals surface area contributed by atoms with Crippen LogP contribution in [0, 0.1) is 5.82 Å². The first-order valence-corrected chi connectivity index (χ1v) is 9.46. The van der Waals surface area contributed by atoms with Crippen LogP contribution in [0.15, 0.2) is 66.9 Å². The molecule has 1 aliphatic heterocycles. The lowest BCUT2D eigenvalue weighted by Gasteiger charge is -2.24. The SMILES string of the molecule is O=C(C[C@@H]1c2ncccc2C(=O)N1c1ccc(Cl)cc1)NCc1ccc(F)cc1. The molecule has 0 spiro atoms. The van der Waals surface area contributed by atoms with Crippen molar-refractivity contribution < 1.29 is 14.0 Å². The second-order valence-electron chi connectivity index (χ2n) is 6.71. The van der Waals surface area contributed by atoms with Crippen molar-refractivity contribution in [2.45, 2.75) is 19.0 Å². The van der Waals surface area contributed by atoms with Crippen molar-refractivity contribution in [3.8, 4) is 0 Å². The Morgan fingerprint density at radius 3 is 2.55 bits per heavy atom. The van der Waals surface area contributed by atoms with E-state index in [1.165, 1.54) is 12.1 Å². The maximum Gasteiger partial charge on any atom is 0.260 e. The van der Waals surface area contributed by atoms with Crippen LogP contribution in [0.2, 0.25) is 5.02 Å². The molecule has 0 saturated carbocycles. The van der Waals surface area contributed by atoms with E-state index < -0.39 is 6.04 Å². The van der Waals surface area contributed by atoms with E-state index in [-0.39, 0.29) is 30.6 Å². The Morgan fingerprint density at radius 1 is 1.10 bits per heavy atom. The van der Waals surface area contributed by atoms with Crippen molar-refractivity contribution in [1.29, 1.82) is 0 Å². The summed E-state index contributed by atoms with van der Waals surface area (Å²) in [6, 6.07) is 15.7. The number of pyridine rings is 1. The van der Waals surface area contributed by atoms with Gasteiger partial charge >= 0.3 is 0 Å². The number of carbonyl (C=O) groups is 2. The van der Waals surface area contributed by atoms with Gasteiger partial charge in [0.05, 0.1) is 23.7 Å². The molecular weight excluding hydrogens is 393 g/mol. The third-order valence-corrected chi connectivity index (χ3v) is 5.05. The zero-order valence-electron chi connectivity index (χ0n) is 15.3. The van der Waals surface area contributed by atoms with E-state index in [0.717, 1.165) is 5.56 Å². The van der Waals surface area contributed by atoms with Crippen molar-refractivity contribution in [3.05, 3.63) is 94.5 Å². The molecule has 4 rings (SSSR count). The van der Waals surface area contributed by atoms with Gasteiger partial charge in [0, 0.05) is 23.5 Å². The average Bonchev–Trinajstić information content (AvgIpc) is 3.00. The Morgan fingerprint density at radius 2 is 1.83 bits per heavy atom. The lowest BCUT2D eigenvalue weighted by Crippen LogP contribution is -2.32. The molecule has 3 aromatic rings. The van der Waals surface area contributed by atoms with Crippen LogP contribution in [0.1, 0.15) is 34.1 Å². The third-order valence-electron chi connectivity index (χ3n) is 4.80. The number of hydrogen-bond donors (Lipinski definition) is 1. The van der Waals surface area contributed by atoms with Crippen molar-refractivity contribution in [1.82, 2.24) is 10.3 Å². The molecule has 29 heavy (non-hydrogen) atoms. The number of amides is 2. The molecule has 0 aliphatic carbocycles. The Balaban J connectivity index is 1.55. The summed E-state index contributed by atoms with van der Waals surface area (Å²) in [6.45, 7) is 0.274. The second-order valence-corrected chi connectivity index (χ2v) is 7.15. The summed E-state index contributed by atoms with van der Waals surface area (Å²) in [5.74, 6) is -0.762. The van der Waals surface area contributed by atoms with E-state index >= 15 is 0 Å². The van der Waals surface area contributed by atoms with Gasteiger partial charge in [0.1, 0.15) is 5.82 Å². The van der Waals surface area contributed by atoms with Crippen molar-refractivity contribution in [2.75, 3.05) is 4.90 Å². The molecule has 1 aliphatic rings. The van der Waals surface area contributed by atoms with Gasteiger partial charge in [0.2, 0.25) is 5.91 Å². The van der Waals surface area contributed by atoms with Crippen molar-refractivity contribution in [2.24, 2.45) is 0 Å². The molecule has 2 aromatic carbocycles. The van der Waals surface area contributed by atoms with Gasteiger partial charge in [-0.1, -0.05) is 23.7 Å². The van der Waals surface area contributed by atoms with Gasteiger partial charge in [-0.3, -0.25) is 19.5 Å². The number of aromatic nitrogens is 1. The molecule has 2 heterocycles. The fourth-order valence-corrected chi connectivity index (χ4v) is 3.52. The van der Waals surface area contributed by atoms with Gasteiger partial charge < -0.3 is 5.32 Å². The molecule has 0 bridgehead atoms. The first-order valence-electron chi connectivity index (χ1n) is 9.08. The number of halogens is 2. The summed E-state index contributed by atoms with van der Waals surface area (Å²) in [5, 5.41) is 3.38. The summed E-state index contributed by atoms with van der Waals surface area (Å²) in [7, 11) is 0. The molecule has 1 atom stereocenters. The molecule has 1 N–H and O–H groups in total. The third kappa shape index (κ3) is 3.98. The molecule has 2 amide bonds. The maximum absolute atomic E-state index is 13.0. The molecular formula is C22H17ClFN3O2. The molecule has 0 unspecified atom stereocenters. The van der Waals surface area contributed by atoms with Gasteiger partial charge in [-0.05, 0) is 54.1 Å². The van der Waals surface area contributed by atoms with Gasteiger partial charge in [-0.15, -0.1) is 0 Å². The van der Waals surface area contributed by atoms with Crippen LogP contribution in [0.3, 0.4) is 0 Å². The molecule has 0 fully saturated rings. The first kappa shape index (κ1) is 19.1. The Kier molecular flexibility index (Phi) is 5.27. The van der Waals surface area contributed by atoms with E-state index in [1.807, 2.05) is 0 Å². The van der Waals surface area contributed by atoms with E-state index in [4.69, 9.17) is 11.6 Å². The first-order chi connectivity index (χ1) is 14.0. The van der Waals surface area contributed by atoms with Crippen LogP contribution in [-0.2, 0) is 11.3 Å². The van der Waals surface area contributed by atoms with Crippen LogP contribution in [0.5, 0.6) is 0 Å². The normalized spacial score (nSPS) is 15.3.